The minimum Gasteiger partial charge on any atom is -0.428 e. The number of rotatable bonds is 5. The summed E-state index contributed by atoms with van der Waals surface area (Å²) in [5.74, 6) is 0. The van der Waals surface area contributed by atoms with Gasteiger partial charge >= 0.3 is 0 Å². The molecule has 0 atom stereocenters. The largest absolute Gasteiger partial charge is 0.428 e. The van der Waals surface area contributed by atoms with E-state index in [2.05, 4.69) is 0 Å². The predicted octanol–water partition coefficient (Wildman–Crippen LogP) is -0.290. The number of hydrogen-bond donors (Lipinski definition) is 0. The van der Waals surface area contributed by atoms with Crippen molar-refractivity contribution in [1.82, 2.24) is 0 Å². The average Bonchev–Trinajstić information content (AvgIpc) is 1.81. The Labute approximate surface area is 53.7 Å². The quantitative estimate of drug-likeness (QED) is 0.380. The van der Waals surface area contributed by atoms with Crippen molar-refractivity contribution in [2.24, 2.45) is 0 Å². The summed E-state index contributed by atoms with van der Waals surface area (Å²) in [6.45, 7) is 1.78. The molecule has 0 aromatic rings. The van der Waals surface area contributed by atoms with E-state index in [1.54, 1.807) is 7.11 Å². The van der Waals surface area contributed by atoms with E-state index in [0.29, 0.717) is 0 Å². The number of ether oxygens (including phenoxy) is 1. The van der Waals surface area contributed by atoms with Gasteiger partial charge in [0, 0.05) is 20.3 Å². The van der Waals surface area contributed by atoms with Crippen molar-refractivity contribution >= 4 is 10.5 Å². The van der Waals surface area contributed by atoms with Gasteiger partial charge in [-0.05, 0) is 12.8 Å². The van der Waals surface area contributed by atoms with Crippen LogP contribution in [0.4, 0.5) is 0 Å². The maximum absolute atomic E-state index is 4.97. The van der Waals surface area contributed by atoms with E-state index in [4.69, 9.17) is 9.16 Å². The number of methoxy groups -OCH3 is 1. The van der Waals surface area contributed by atoms with Crippen molar-refractivity contribution in [3.8, 4) is 0 Å². The summed E-state index contributed by atoms with van der Waals surface area (Å²) >= 11 is 0. The van der Waals surface area contributed by atoms with Crippen molar-refractivity contribution < 1.29 is 9.16 Å². The normalized spacial score (nSPS) is 10.1. The van der Waals surface area contributed by atoms with Gasteiger partial charge in [-0.3, -0.25) is 0 Å². The third kappa shape index (κ3) is 6.14. The van der Waals surface area contributed by atoms with Crippen LogP contribution in [0.3, 0.4) is 0 Å². The van der Waals surface area contributed by atoms with Crippen molar-refractivity contribution in [3.63, 3.8) is 0 Å². The second kappa shape index (κ2) is 7.14. The van der Waals surface area contributed by atoms with Crippen LogP contribution < -0.4 is 0 Å². The molecule has 8 heavy (non-hydrogen) atoms. The Hall–Kier alpha value is 0.137. The molecule has 0 bridgehead atoms. The molecule has 0 saturated carbocycles. The molecular formula is C5H14O2Si. The summed E-state index contributed by atoms with van der Waals surface area (Å²) in [6.07, 6.45) is 2.26. The molecule has 0 aliphatic rings. The van der Waals surface area contributed by atoms with Gasteiger partial charge in [0.25, 0.3) is 0 Å². The van der Waals surface area contributed by atoms with Gasteiger partial charge < -0.3 is 9.16 Å². The molecule has 0 aromatic heterocycles. The van der Waals surface area contributed by atoms with Gasteiger partial charge in [-0.2, -0.15) is 0 Å². The fourth-order valence-electron chi connectivity index (χ4n) is 0.493. The van der Waals surface area contributed by atoms with Gasteiger partial charge in [0.1, 0.15) is 10.5 Å². The molecular weight excluding hydrogens is 120 g/mol. The first-order valence-electron chi connectivity index (χ1n) is 2.89. The third-order valence-electron chi connectivity index (χ3n) is 0.947. The zero-order valence-corrected chi connectivity index (χ0v) is 7.64. The molecule has 0 heterocycles. The first-order chi connectivity index (χ1) is 3.91. The zero-order chi connectivity index (χ0) is 6.24. The Morgan fingerprint density at radius 3 is 2.38 bits per heavy atom. The second-order valence-corrected chi connectivity index (χ2v) is 2.27. The Balaban J connectivity index is 2.53. The van der Waals surface area contributed by atoms with E-state index in [9.17, 15) is 0 Å². The molecule has 0 N–H and O–H groups in total. The Bertz CT molecular complexity index is 35.4. The summed E-state index contributed by atoms with van der Waals surface area (Å²) in [6, 6.07) is 0. The molecule has 2 nitrogen and oxygen atoms in total. The van der Waals surface area contributed by atoms with Gasteiger partial charge in [0.2, 0.25) is 0 Å². The molecule has 0 fully saturated rings. The minimum absolute atomic E-state index is 0.866. The van der Waals surface area contributed by atoms with Crippen LogP contribution in [0.2, 0.25) is 0 Å². The second-order valence-electron chi connectivity index (χ2n) is 1.69. The SMILES string of the molecule is COCCCCO[SiH3]. The lowest BCUT2D eigenvalue weighted by Gasteiger charge is -1.96. The van der Waals surface area contributed by atoms with Crippen LogP contribution in [-0.2, 0) is 9.16 Å². The third-order valence-corrected chi connectivity index (χ3v) is 1.36. The summed E-state index contributed by atoms with van der Waals surface area (Å²) in [5, 5.41) is 0. The Morgan fingerprint density at radius 2 is 1.88 bits per heavy atom. The summed E-state index contributed by atoms with van der Waals surface area (Å²) < 4.78 is 9.82. The first kappa shape index (κ1) is 8.14. The topological polar surface area (TPSA) is 18.5 Å². The molecule has 0 aliphatic heterocycles. The van der Waals surface area contributed by atoms with E-state index >= 15 is 0 Å². The molecule has 50 valence electrons. The maximum Gasteiger partial charge on any atom is 0.145 e. The Kier molecular flexibility index (Phi) is 7.26. The highest BCUT2D eigenvalue weighted by molar-refractivity contribution is 5.97. The highest BCUT2D eigenvalue weighted by Gasteiger charge is 1.83. The number of hydrogen-bond acceptors (Lipinski definition) is 2. The predicted molar refractivity (Wildman–Crippen MR) is 37.0 cm³/mol. The van der Waals surface area contributed by atoms with Crippen LogP contribution in [0.1, 0.15) is 12.8 Å². The van der Waals surface area contributed by atoms with E-state index in [0.717, 1.165) is 36.5 Å². The summed E-state index contributed by atoms with van der Waals surface area (Å²) in [4.78, 5) is 0. The van der Waals surface area contributed by atoms with Gasteiger partial charge in [0.15, 0.2) is 0 Å². The lowest BCUT2D eigenvalue weighted by molar-refractivity contribution is 0.185. The molecule has 0 amide bonds. The van der Waals surface area contributed by atoms with Crippen LogP contribution >= 0.6 is 0 Å². The average molecular weight is 134 g/mol. The van der Waals surface area contributed by atoms with E-state index in [1.807, 2.05) is 0 Å². The lowest BCUT2D eigenvalue weighted by atomic mass is 10.3. The molecule has 3 heteroatoms. The first-order valence-corrected chi connectivity index (χ1v) is 3.71. The fourth-order valence-corrected chi connectivity index (χ4v) is 0.781. The van der Waals surface area contributed by atoms with Gasteiger partial charge in [-0.25, -0.2) is 0 Å². The van der Waals surface area contributed by atoms with E-state index < -0.39 is 0 Å². The number of unbranched alkanes of at least 4 members (excludes halogenated alkanes) is 1. The Morgan fingerprint density at radius 1 is 1.25 bits per heavy atom. The molecule has 0 rings (SSSR count). The zero-order valence-electron chi connectivity index (χ0n) is 5.64. The highest BCUT2D eigenvalue weighted by Crippen LogP contribution is 1.87. The van der Waals surface area contributed by atoms with Crippen molar-refractivity contribution in [3.05, 3.63) is 0 Å². The van der Waals surface area contributed by atoms with Crippen LogP contribution in [0.15, 0.2) is 0 Å². The standard InChI is InChI=1S/C5H14O2Si/c1-6-4-2-3-5-7-8/h2-5H2,1,8H3. The van der Waals surface area contributed by atoms with Crippen molar-refractivity contribution in [2.45, 2.75) is 12.8 Å². The van der Waals surface area contributed by atoms with E-state index in [1.165, 1.54) is 0 Å². The van der Waals surface area contributed by atoms with E-state index in [-0.39, 0.29) is 0 Å². The van der Waals surface area contributed by atoms with Crippen LogP contribution in [0.25, 0.3) is 0 Å². The van der Waals surface area contributed by atoms with Crippen LogP contribution in [0, 0.1) is 0 Å². The monoisotopic (exact) mass is 134 g/mol. The fraction of sp³-hybridized carbons (Fsp3) is 1.00. The molecule has 0 radical (unpaired) electrons. The maximum atomic E-state index is 4.97. The van der Waals surface area contributed by atoms with Crippen molar-refractivity contribution in [1.29, 1.82) is 0 Å². The minimum atomic E-state index is 0.866. The van der Waals surface area contributed by atoms with Crippen LogP contribution in [0.5, 0.6) is 0 Å². The molecule has 0 unspecified atom stereocenters. The van der Waals surface area contributed by atoms with Crippen LogP contribution in [-0.4, -0.2) is 30.8 Å². The highest BCUT2D eigenvalue weighted by atomic mass is 28.2. The van der Waals surface area contributed by atoms with Gasteiger partial charge in [-0.1, -0.05) is 0 Å². The lowest BCUT2D eigenvalue weighted by Crippen LogP contribution is -1.93. The molecule has 0 saturated heterocycles. The molecule has 0 spiro atoms. The van der Waals surface area contributed by atoms with Gasteiger partial charge in [0.05, 0.1) is 0 Å². The molecule has 0 aliphatic carbocycles. The van der Waals surface area contributed by atoms with Crippen molar-refractivity contribution in [2.75, 3.05) is 20.3 Å². The molecule has 0 aromatic carbocycles. The summed E-state index contributed by atoms with van der Waals surface area (Å²) in [5.41, 5.74) is 0. The summed E-state index contributed by atoms with van der Waals surface area (Å²) in [7, 11) is 2.59. The smallest absolute Gasteiger partial charge is 0.145 e. The van der Waals surface area contributed by atoms with Gasteiger partial charge in [-0.15, -0.1) is 0 Å².